The van der Waals surface area contributed by atoms with Gasteiger partial charge in [0.25, 0.3) is 0 Å². The van der Waals surface area contributed by atoms with Crippen molar-refractivity contribution >= 4 is 14.5 Å². The molecule has 1 aromatic rings. The quantitative estimate of drug-likeness (QED) is 0.475. The molecule has 1 aromatic carbocycles. The molecule has 1 rings (SSSR count). The zero-order valence-corrected chi connectivity index (χ0v) is 14.4. The molecule has 0 amide bonds. The van der Waals surface area contributed by atoms with Gasteiger partial charge in [-0.25, -0.2) is 18.9 Å². The van der Waals surface area contributed by atoms with Crippen LogP contribution in [-0.4, -0.2) is 20.5 Å². The van der Waals surface area contributed by atoms with Crippen molar-refractivity contribution in [2.45, 2.75) is 59.7 Å². The van der Waals surface area contributed by atoms with E-state index in [1.807, 2.05) is 72.7 Å². The summed E-state index contributed by atoms with van der Waals surface area (Å²) < 4.78 is 11.0. The van der Waals surface area contributed by atoms with Crippen molar-refractivity contribution in [3.05, 3.63) is 29.8 Å². The van der Waals surface area contributed by atoms with E-state index in [-0.39, 0.29) is 0 Å². The van der Waals surface area contributed by atoms with Crippen molar-refractivity contribution < 1.29 is 18.9 Å². The van der Waals surface area contributed by atoms with Crippen LogP contribution in [0, 0.1) is 6.92 Å². The van der Waals surface area contributed by atoms with Gasteiger partial charge in [0.2, 0.25) is 0 Å². The predicted octanol–water partition coefficient (Wildman–Crippen LogP) is 3.18. The predicted molar refractivity (Wildman–Crippen MR) is 80.4 cm³/mol. The normalized spacial score (nSPS) is 13.0. The summed E-state index contributed by atoms with van der Waals surface area (Å²) in [6.45, 7) is 13.6. The Hall–Kier alpha value is -0.723. The van der Waals surface area contributed by atoms with Gasteiger partial charge in [-0.05, 0) is 54.0 Å². The molecule has 4 nitrogen and oxygen atoms in total. The van der Waals surface area contributed by atoms with Crippen LogP contribution in [0.4, 0.5) is 0 Å². The van der Waals surface area contributed by atoms with Gasteiger partial charge in [-0.15, -0.1) is 0 Å². The summed E-state index contributed by atoms with van der Waals surface area (Å²) in [5.74, 6) is 0. The molecule has 0 saturated heterocycles. The molecular formula is C15H25O4Si. The second kappa shape index (κ2) is 6.82. The highest BCUT2D eigenvalue weighted by atomic mass is 28.3. The standard InChI is InChI=1S/C15H25O4Si/c1-12-10-8-9-11-13(12)20(18-16-14(2,3)4)19-17-15(5,6)7/h8-11H,1-7H3. The fourth-order valence-electron chi connectivity index (χ4n) is 1.23. The molecule has 1 radical (unpaired) electrons. The van der Waals surface area contributed by atoms with Crippen LogP contribution in [0.25, 0.3) is 0 Å². The van der Waals surface area contributed by atoms with E-state index < -0.39 is 20.5 Å². The average Bonchev–Trinajstić information content (AvgIpc) is 2.28. The van der Waals surface area contributed by atoms with Gasteiger partial charge in [-0.1, -0.05) is 24.3 Å². The molecule has 0 spiro atoms. The molecule has 0 aliphatic heterocycles. The number of benzene rings is 1. The molecule has 0 saturated carbocycles. The summed E-state index contributed by atoms with van der Waals surface area (Å²) in [6.07, 6.45) is 0. The first-order valence-electron chi connectivity index (χ1n) is 6.73. The Morgan fingerprint density at radius 3 is 1.65 bits per heavy atom. The van der Waals surface area contributed by atoms with Crippen molar-refractivity contribution in [2.75, 3.05) is 0 Å². The molecule has 0 heterocycles. The highest BCUT2D eigenvalue weighted by Crippen LogP contribution is 2.13. The van der Waals surface area contributed by atoms with Crippen LogP contribution in [0.3, 0.4) is 0 Å². The average molecular weight is 297 g/mol. The van der Waals surface area contributed by atoms with Crippen LogP contribution in [0.5, 0.6) is 0 Å². The minimum Gasteiger partial charge on any atom is -0.240 e. The lowest BCUT2D eigenvalue weighted by molar-refractivity contribution is -0.337. The summed E-state index contributed by atoms with van der Waals surface area (Å²) in [5, 5.41) is 0.978. The largest absolute Gasteiger partial charge is 0.492 e. The van der Waals surface area contributed by atoms with Crippen molar-refractivity contribution in [3.8, 4) is 0 Å². The van der Waals surface area contributed by atoms with Crippen LogP contribution in [-0.2, 0) is 18.9 Å². The monoisotopic (exact) mass is 297 g/mol. The van der Waals surface area contributed by atoms with E-state index in [0.717, 1.165) is 10.8 Å². The SMILES string of the molecule is Cc1ccccc1[Si](OOC(C)(C)C)OOC(C)(C)C. The van der Waals surface area contributed by atoms with Gasteiger partial charge in [0.15, 0.2) is 0 Å². The van der Waals surface area contributed by atoms with E-state index in [4.69, 9.17) is 18.9 Å². The highest BCUT2D eigenvalue weighted by Gasteiger charge is 2.29. The molecular weight excluding hydrogens is 272 g/mol. The fraction of sp³-hybridized carbons (Fsp3) is 0.600. The first kappa shape index (κ1) is 17.3. The summed E-state index contributed by atoms with van der Waals surface area (Å²) in [6, 6.07) is 7.92. The number of rotatable bonds is 5. The lowest BCUT2D eigenvalue weighted by atomic mass is 10.2. The topological polar surface area (TPSA) is 36.9 Å². The maximum Gasteiger partial charge on any atom is 0.492 e. The smallest absolute Gasteiger partial charge is 0.240 e. The Kier molecular flexibility index (Phi) is 5.91. The molecule has 0 aromatic heterocycles. The van der Waals surface area contributed by atoms with Crippen molar-refractivity contribution in [1.82, 2.24) is 0 Å². The maximum atomic E-state index is 5.52. The highest BCUT2D eigenvalue weighted by molar-refractivity contribution is 6.61. The van der Waals surface area contributed by atoms with Crippen molar-refractivity contribution in [2.24, 2.45) is 0 Å². The molecule has 0 aliphatic carbocycles. The second-order valence-electron chi connectivity index (χ2n) is 6.66. The summed E-state index contributed by atoms with van der Waals surface area (Å²) >= 11 is 0. The van der Waals surface area contributed by atoms with E-state index in [9.17, 15) is 0 Å². The van der Waals surface area contributed by atoms with E-state index in [1.54, 1.807) is 0 Å². The van der Waals surface area contributed by atoms with Gasteiger partial charge >= 0.3 is 9.28 Å². The lowest BCUT2D eigenvalue weighted by Gasteiger charge is -2.24. The van der Waals surface area contributed by atoms with Crippen LogP contribution >= 0.6 is 0 Å². The molecule has 0 N–H and O–H groups in total. The Morgan fingerprint density at radius 2 is 1.25 bits per heavy atom. The molecule has 0 bridgehead atoms. The minimum atomic E-state index is -1.86. The van der Waals surface area contributed by atoms with E-state index in [0.29, 0.717) is 0 Å². The third-order valence-electron chi connectivity index (χ3n) is 2.10. The Bertz CT molecular complexity index is 403. The molecule has 0 unspecified atom stereocenters. The van der Waals surface area contributed by atoms with Crippen LogP contribution in [0.15, 0.2) is 24.3 Å². The second-order valence-corrected chi connectivity index (χ2v) is 8.11. The van der Waals surface area contributed by atoms with Gasteiger partial charge < -0.3 is 0 Å². The van der Waals surface area contributed by atoms with Crippen molar-refractivity contribution in [1.29, 1.82) is 0 Å². The zero-order chi connectivity index (χ0) is 15.4. The minimum absolute atomic E-state index is 0.399. The van der Waals surface area contributed by atoms with Gasteiger partial charge in [-0.2, -0.15) is 0 Å². The molecule has 0 atom stereocenters. The summed E-state index contributed by atoms with van der Waals surface area (Å²) in [5.41, 5.74) is 0.296. The lowest BCUT2D eigenvalue weighted by Crippen LogP contribution is -2.42. The van der Waals surface area contributed by atoms with Gasteiger partial charge in [0.05, 0.1) is 11.2 Å². The number of hydrogen-bond acceptors (Lipinski definition) is 4. The van der Waals surface area contributed by atoms with Crippen LogP contribution in [0.1, 0.15) is 47.1 Å². The van der Waals surface area contributed by atoms with Gasteiger partial charge in [0.1, 0.15) is 0 Å². The van der Waals surface area contributed by atoms with E-state index in [1.165, 1.54) is 0 Å². The first-order valence-corrected chi connectivity index (χ1v) is 8.04. The Balaban J connectivity index is 2.82. The Labute approximate surface area is 123 Å². The van der Waals surface area contributed by atoms with Gasteiger partial charge in [-0.3, -0.25) is 0 Å². The van der Waals surface area contributed by atoms with E-state index in [2.05, 4.69) is 0 Å². The molecule has 20 heavy (non-hydrogen) atoms. The van der Waals surface area contributed by atoms with Crippen LogP contribution in [0.2, 0.25) is 0 Å². The van der Waals surface area contributed by atoms with Gasteiger partial charge in [0, 0.05) is 5.19 Å². The molecule has 0 aliphatic rings. The van der Waals surface area contributed by atoms with Crippen molar-refractivity contribution in [3.63, 3.8) is 0 Å². The summed E-state index contributed by atoms with van der Waals surface area (Å²) in [4.78, 5) is 10.8. The third kappa shape index (κ3) is 6.63. The number of aryl methyl sites for hydroxylation is 1. The third-order valence-corrected chi connectivity index (χ3v) is 3.57. The summed E-state index contributed by atoms with van der Waals surface area (Å²) in [7, 11) is -1.86. The Morgan fingerprint density at radius 1 is 0.800 bits per heavy atom. The molecule has 0 fully saturated rings. The maximum absolute atomic E-state index is 5.52. The number of hydrogen-bond donors (Lipinski definition) is 0. The molecule has 113 valence electrons. The fourth-order valence-corrected chi connectivity index (χ4v) is 2.73. The zero-order valence-electron chi connectivity index (χ0n) is 13.4. The van der Waals surface area contributed by atoms with E-state index >= 15 is 0 Å². The first-order chi connectivity index (χ1) is 9.08. The molecule has 5 heteroatoms. The van der Waals surface area contributed by atoms with Crippen LogP contribution < -0.4 is 5.19 Å².